The van der Waals surface area contributed by atoms with Gasteiger partial charge < -0.3 is 14.6 Å². The molecule has 2 rings (SSSR count). The van der Waals surface area contributed by atoms with Gasteiger partial charge in [-0.2, -0.15) is 0 Å². The number of aromatic nitrogens is 1. The van der Waals surface area contributed by atoms with E-state index in [1.54, 1.807) is 14.2 Å². The molecular formula is C12H13NO3S. The summed E-state index contributed by atoms with van der Waals surface area (Å²) in [6.45, 7) is -0.0528. The average Bonchev–Trinajstić information content (AvgIpc) is 2.86. The minimum absolute atomic E-state index is 0.0528. The van der Waals surface area contributed by atoms with Gasteiger partial charge in [0.15, 0.2) is 11.5 Å². The Balaban J connectivity index is 2.50. The summed E-state index contributed by atoms with van der Waals surface area (Å²) in [5, 5.41) is 11.7. The maximum absolute atomic E-state index is 9.01. The fraction of sp³-hybridized carbons (Fsp3) is 0.250. The fourth-order valence-corrected chi connectivity index (χ4v) is 2.39. The Morgan fingerprint density at radius 1 is 1.29 bits per heavy atom. The van der Waals surface area contributed by atoms with Crippen molar-refractivity contribution in [2.24, 2.45) is 0 Å². The second kappa shape index (κ2) is 5.16. The molecule has 2 aromatic rings. The molecule has 5 heteroatoms. The van der Waals surface area contributed by atoms with E-state index in [1.807, 2.05) is 23.6 Å². The third-order valence-corrected chi connectivity index (χ3v) is 3.27. The lowest BCUT2D eigenvalue weighted by atomic mass is 10.2. The second-order valence-corrected chi connectivity index (χ2v) is 4.20. The van der Waals surface area contributed by atoms with Gasteiger partial charge in [-0.1, -0.05) is 6.07 Å². The molecule has 0 bridgehead atoms. The molecule has 4 nitrogen and oxygen atoms in total. The second-order valence-electron chi connectivity index (χ2n) is 3.34. The number of rotatable bonds is 4. The van der Waals surface area contributed by atoms with Crippen LogP contribution in [0.25, 0.3) is 10.6 Å². The molecule has 0 amide bonds. The molecule has 0 fully saturated rings. The molecule has 1 aromatic heterocycles. The van der Waals surface area contributed by atoms with Crippen molar-refractivity contribution >= 4 is 11.3 Å². The number of hydrogen-bond donors (Lipinski definition) is 1. The summed E-state index contributed by atoms with van der Waals surface area (Å²) in [7, 11) is 3.20. The molecule has 0 saturated heterocycles. The van der Waals surface area contributed by atoms with Gasteiger partial charge in [0.1, 0.15) is 5.01 Å². The SMILES string of the molecule is COc1cccc(-c2nc(CO)cs2)c1OC. The fourth-order valence-electron chi connectivity index (χ4n) is 1.56. The molecule has 0 spiro atoms. The zero-order chi connectivity index (χ0) is 12.3. The van der Waals surface area contributed by atoms with E-state index in [9.17, 15) is 0 Å². The highest BCUT2D eigenvalue weighted by atomic mass is 32.1. The van der Waals surface area contributed by atoms with Gasteiger partial charge in [-0.15, -0.1) is 11.3 Å². The van der Waals surface area contributed by atoms with Gasteiger partial charge >= 0.3 is 0 Å². The number of aliphatic hydroxyl groups excluding tert-OH is 1. The number of methoxy groups -OCH3 is 2. The van der Waals surface area contributed by atoms with Gasteiger partial charge in [-0.05, 0) is 12.1 Å². The van der Waals surface area contributed by atoms with Crippen molar-refractivity contribution in [3.05, 3.63) is 29.3 Å². The van der Waals surface area contributed by atoms with Crippen LogP contribution in [0.5, 0.6) is 11.5 Å². The predicted molar refractivity (Wildman–Crippen MR) is 66.6 cm³/mol. The highest BCUT2D eigenvalue weighted by Crippen LogP contribution is 2.38. The van der Waals surface area contributed by atoms with E-state index in [1.165, 1.54) is 11.3 Å². The predicted octanol–water partition coefficient (Wildman–Crippen LogP) is 2.32. The monoisotopic (exact) mass is 251 g/mol. The van der Waals surface area contributed by atoms with Crippen molar-refractivity contribution in [1.82, 2.24) is 4.98 Å². The van der Waals surface area contributed by atoms with Crippen LogP contribution in [-0.4, -0.2) is 24.3 Å². The van der Waals surface area contributed by atoms with Crippen LogP contribution < -0.4 is 9.47 Å². The largest absolute Gasteiger partial charge is 0.493 e. The Kier molecular flexibility index (Phi) is 3.61. The van der Waals surface area contributed by atoms with Crippen molar-refractivity contribution < 1.29 is 14.6 Å². The lowest BCUT2D eigenvalue weighted by molar-refractivity contribution is 0.278. The Labute approximate surface area is 103 Å². The first-order valence-electron chi connectivity index (χ1n) is 5.06. The molecule has 0 aliphatic carbocycles. The summed E-state index contributed by atoms with van der Waals surface area (Å²) >= 11 is 1.47. The van der Waals surface area contributed by atoms with Gasteiger partial charge in [0.25, 0.3) is 0 Å². The number of thiazole rings is 1. The van der Waals surface area contributed by atoms with Crippen LogP contribution >= 0.6 is 11.3 Å². The van der Waals surface area contributed by atoms with E-state index in [-0.39, 0.29) is 6.61 Å². The molecule has 1 N–H and O–H groups in total. The van der Waals surface area contributed by atoms with E-state index >= 15 is 0 Å². The Morgan fingerprint density at radius 2 is 2.12 bits per heavy atom. The quantitative estimate of drug-likeness (QED) is 0.906. The molecule has 17 heavy (non-hydrogen) atoms. The van der Waals surface area contributed by atoms with Gasteiger partial charge in [0.2, 0.25) is 0 Å². The van der Waals surface area contributed by atoms with Crippen molar-refractivity contribution in [1.29, 1.82) is 0 Å². The molecule has 0 aliphatic rings. The van der Waals surface area contributed by atoms with Crippen molar-refractivity contribution in [2.75, 3.05) is 14.2 Å². The van der Waals surface area contributed by atoms with E-state index in [4.69, 9.17) is 14.6 Å². The number of benzene rings is 1. The topological polar surface area (TPSA) is 51.6 Å². The summed E-state index contributed by atoms with van der Waals surface area (Å²) in [4.78, 5) is 4.32. The standard InChI is InChI=1S/C12H13NO3S/c1-15-10-5-3-4-9(11(10)16-2)12-13-8(6-14)7-17-12/h3-5,7,14H,6H2,1-2H3. The Hall–Kier alpha value is -1.59. The molecule has 1 aromatic carbocycles. The smallest absolute Gasteiger partial charge is 0.170 e. The summed E-state index contributed by atoms with van der Waals surface area (Å²) in [6.07, 6.45) is 0. The minimum Gasteiger partial charge on any atom is -0.493 e. The third kappa shape index (κ3) is 2.25. The van der Waals surface area contributed by atoms with E-state index < -0.39 is 0 Å². The van der Waals surface area contributed by atoms with Crippen LogP contribution in [0.4, 0.5) is 0 Å². The van der Waals surface area contributed by atoms with Crippen LogP contribution in [0, 0.1) is 0 Å². The lowest BCUT2D eigenvalue weighted by Gasteiger charge is -2.10. The molecule has 0 unspecified atom stereocenters. The maximum atomic E-state index is 9.01. The van der Waals surface area contributed by atoms with Crippen LogP contribution in [0.1, 0.15) is 5.69 Å². The molecular weight excluding hydrogens is 238 g/mol. The molecule has 0 radical (unpaired) electrons. The summed E-state index contributed by atoms with van der Waals surface area (Å²) in [5.74, 6) is 1.33. The Bertz CT molecular complexity index is 510. The van der Waals surface area contributed by atoms with Crippen LogP contribution in [0.3, 0.4) is 0 Å². The van der Waals surface area contributed by atoms with Gasteiger partial charge in [0.05, 0.1) is 32.1 Å². The first-order valence-corrected chi connectivity index (χ1v) is 5.94. The van der Waals surface area contributed by atoms with Crippen molar-refractivity contribution in [2.45, 2.75) is 6.61 Å². The van der Waals surface area contributed by atoms with E-state index in [2.05, 4.69) is 4.98 Å². The van der Waals surface area contributed by atoms with Crippen molar-refractivity contribution in [3.8, 4) is 22.1 Å². The Morgan fingerprint density at radius 3 is 2.71 bits per heavy atom. The van der Waals surface area contributed by atoms with Crippen LogP contribution in [-0.2, 0) is 6.61 Å². The molecule has 90 valence electrons. The van der Waals surface area contributed by atoms with Gasteiger partial charge in [-0.25, -0.2) is 4.98 Å². The zero-order valence-corrected chi connectivity index (χ0v) is 10.5. The van der Waals surface area contributed by atoms with Crippen LogP contribution in [0.15, 0.2) is 23.6 Å². The summed E-state index contributed by atoms with van der Waals surface area (Å²) < 4.78 is 10.6. The average molecular weight is 251 g/mol. The van der Waals surface area contributed by atoms with Crippen LogP contribution in [0.2, 0.25) is 0 Å². The minimum atomic E-state index is -0.0528. The number of hydrogen-bond acceptors (Lipinski definition) is 5. The molecule has 0 aliphatic heterocycles. The number of nitrogens with zero attached hydrogens (tertiary/aromatic N) is 1. The normalized spacial score (nSPS) is 10.3. The summed E-state index contributed by atoms with van der Waals surface area (Å²) in [5.41, 5.74) is 1.53. The van der Waals surface area contributed by atoms with E-state index in [0.29, 0.717) is 17.2 Å². The number of ether oxygens (including phenoxy) is 2. The van der Waals surface area contributed by atoms with E-state index in [0.717, 1.165) is 10.6 Å². The first kappa shape index (κ1) is 11.9. The number of para-hydroxylation sites is 1. The molecule has 1 heterocycles. The maximum Gasteiger partial charge on any atom is 0.170 e. The highest BCUT2D eigenvalue weighted by Gasteiger charge is 2.14. The van der Waals surface area contributed by atoms with Gasteiger partial charge in [0, 0.05) is 5.38 Å². The molecule has 0 saturated carbocycles. The lowest BCUT2D eigenvalue weighted by Crippen LogP contribution is -1.93. The summed E-state index contributed by atoms with van der Waals surface area (Å²) in [6, 6.07) is 5.64. The molecule has 0 atom stereocenters. The third-order valence-electron chi connectivity index (χ3n) is 2.35. The first-order chi connectivity index (χ1) is 8.30. The van der Waals surface area contributed by atoms with Crippen molar-refractivity contribution in [3.63, 3.8) is 0 Å². The number of aliphatic hydroxyl groups is 1. The highest BCUT2D eigenvalue weighted by molar-refractivity contribution is 7.13. The zero-order valence-electron chi connectivity index (χ0n) is 9.64. The van der Waals surface area contributed by atoms with Gasteiger partial charge in [-0.3, -0.25) is 0 Å².